The number of aryl methyl sites for hydroxylation is 1. The molecule has 1 heterocycles. The first kappa shape index (κ1) is 17.7. The normalized spacial score (nSPS) is 10.6. The molecule has 0 unspecified atom stereocenters. The van der Waals surface area contributed by atoms with Gasteiger partial charge in [0, 0.05) is 29.6 Å². The number of benzene rings is 2. The minimum Gasteiger partial charge on any atom is -0.337 e. The lowest BCUT2D eigenvalue weighted by atomic mass is 10.1. The smallest absolute Gasteiger partial charge is 0.255 e. The molecule has 5 heteroatoms. The van der Waals surface area contributed by atoms with Gasteiger partial charge in [-0.1, -0.05) is 42.5 Å². The summed E-state index contributed by atoms with van der Waals surface area (Å²) in [5, 5.41) is 3.15. The molecular formula is C20H20N2OS2. The molecule has 1 amide bonds. The van der Waals surface area contributed by atoms with Gasteiger partial charge in [-0.05, 0) is 24.6 Å². The molecule has 0 saturated heterocycles. The van der Waals surface area contributed by atoms with Gasteiger partial charge in [0.2, 0.25) is 0 Å². The molecule has 0 aliphatic heterocycles. The average molecular weight is 369 g/mol. The summed E-state index contributed by atoms with van der Waals surface area (Å²) in [4.78, 5) is 20.1. The Hall–Kier alpha value is -2.11. The van der Waals surface area contributed by atoms with E-state index in [9.17, 15) is 4.79 Å². The highest BCUT2D eigenvalue weighted by molar-refractivity contribution is 7.98. The van der Waals surface area contributed by atoms with Gasteiger partial charge in [0.1, 0.15) is 0 Å². The molecule has 25 heavy (non-hydrogen) atoms. The highest BCUT2D eigenvalue weighted by atomic mass is 32.2. The minimum atomic E-state index is 0.0430. The molecule has 0 aliphatic rings. The van der Waals surface area contributed by atoms with Gasteiger partial charge < -0.3 is 4.90 Å². The Morgan fingerprint density at radius 3 is 2.56 bits per heavy atom. The lowest BCUT2D eigenvalue weighted by molar-refractivity contribution is 0.0781. The lowest BCUT2D eigenvalue weighted by Gasteiger charge is -2.19. The van der Waals surface area contributed by atoms with Gasteiger partial charge in [-0.15, -0.1) is 23.1 Å². The molecule has 3 aromatic rings. The van der Waals surface area contributed by atoms with Crippen LogP contribution in [0.5, 0.6) is 0 Å². The number of hydrogen-bond donors (Lipinski definition) is 0. The molecule has 3 rings (SSSR count). The molecule has 128 valence electrons. The van der Waals surface area contributed by atoms with E-state index in [1.165, 1.54) is 0 Å². The molecule has 0 atom stereocenters. The molecule has 0 saturated carbocycles. The Morgan fingerprint density at radius 1 is 1.12 bits per heavy atom. The molecule has 0 radical (unpaired) electrons. The minimum absolute atomic E-state index is 0.0430. The van der Waals surface area contributed by atoms with E-state index in [-0.39, 0.29) is 5.91 Å². The number of aromatic nitrogens is 1. The van der Waals surface area contributed by atoms with Crippen LogP contribution in [0.2, 0.25) is 0 Å². The van der Waals surface area contributed by atoms with Crippen molar-refractivity contribution >= 4 is 29.0 Å². The fraction of sp³-hybridized carbons (Fsp3) is 0.200. The fourth-order valence-electron chi connectivity index (χ4n) is 2.53. The number of hydrogen-bond acceptors (Lipinski definition) is 4. The molecule has 0 bridgehead atoms. The fourth-order valence-corrected chi connectivity index (χ4v) is 4.19. The molecule has 1 aromatic heterocycles. The second-order valence-corrected chi connectivity index (χ2v) is 7.87. The number of rotatable bonds is 6. The Morgan fingerprint density at radius 2 is 1.84 bits per heavy atom. The zero-order chi connectivity index (χ0) is 17.6. The number of thioether (sulfide) groups is 1. The lowest BCUT2D eigenvalue weighted by Crippen LogP contribution is -2.26. The monoisotopic (exact) mass is 368 g/mol. The van der Waals surface area contributed by atoms with E-state index in [1.54, 1.807) is 28.0 Å². The van der Waals surface area contributed by atoms with Crippen LogP contribution in [0.4, 0.5) is 0 Å². The largest absolute Gasteiger partial charge is 0.337 e. The summed E-state index contributed by atoms with van der Waals surface area (Å²) >= 11 is 3.32. The summed E-state index contributed by atoms with van der Waals surface area (Å²) in [7, 11) is 1.85. The van der Waals surface area contributed by atoms with Crippen LogP contribution in [-0.4, -0.2) is 22.8 Å². The van der Waals surface area contributed by atoms with Crippen LogP contribution in [0.15, 0.2) is 64.9 Å². The van der Waals surface area contributed by atoms with E-state index in [0.717, 1.165) is 32.5 Å². The van der Waals surface area contributed by atoms with Crippen molar-refractivity contribution in [2.24, 2.45) is 0 Å². The van der Waals surface area contributed by atoms with E-state index in [2.05, 4.69) is 10.4 Å². The second kappa shape index (κ2) is 8.32. The Labute approximate surface area is 156 Å². The van der Waals surface area contributed by atoms with Gasteiger partial charge in [0.25, 0.3) is 5.91 Å². The SMILES string of the molecule is Cc1nc(CSc2ccccc2C(=O)N(C)Cc2ccccc2)cs1. The van der Waals surface area contributed by atoms with Crippen LogP contribution >= 0.6 is 23.1 Å². The third-order valence-electron chi connectivity index (χ3n) is 3.77. The van der Waals surface area contributed by atoms with E-state index in [1.807, 2.05) is 68.6 Å². The van der Waals surface area contributed by atoms with Gasteiger partial charge in [-0.2, -0.15) is 0 Å². The topological polar surface area (TPSA) is 33.2 Å². The Balaban J connectivity index is 1.71. The molecule has 3 nitrogen and oxygen atoms in total. The number of thiazole rings is 1. The van der Waals surface area contributed by atoms with Crippen LogP contribution in [0.1, 0.15) is 26.6 Å². The standard InChI is InChI=1S/C20H20N2OS2/c1-15-21-17(13-24-15)14-25-19-11-7-6-10-18(19)20(23)22(2)12-16-8-4-3-5-9-16/h3-11,13H,12,14H2,1-2H3. The molecule has 0 spiro atoms. The maximum absolute atomic E-state index is 12.9. The molecule has 0 fully saturated rings. The number of amides is 1. The molecule has 0 N–H and O–H groups in total. The second-order valence-electron chi connectivity index (χ2n) is 5.79. The van der Waals surface area contributed by atoms with Crippen molar-refractivity contribution in [2.45, 2.75) is 24.1 Å². The van der Waals surface area contributed by atoms with Crippen LogP contribution in [-0.2, 0) is 12.3 Å². The van der Waals surface area contributed by atoms with E-state index in [0.29, 0.717) is 6.54 Å². The maximum Gasteiger partial charge on any atom is 0.255 e. The van der Waals surface area contributed by atoms with Gasteiger partial charge in [-0.25, -0.2) is 4.98 Å². The van der Waals surface area contributed by atoms with Crippen molar-refractivity contribution in [1.29, 1.82) is 0 Å². The zero-order valence-electron chi connectivity index (χ0n) is 14.3. The summed E-state index contributed by atoms with van der Waals surface area (Å²) in [6.45, 7) is 2.61. The molecular weight excluding hydrogens is 348 g/mol. The number of carbonyl (C=O) groups is 1. The summed E-state index contributed by atoms with van der Waals surface area (Å²) in [5.74, 6) is 0.818. The van der Waals surface area contributed by atoms with Crippen molar-refractivity contribution in [3.05, 3.63) is 81.8 Å². The first-order chi connectivity index (χ1) is 12.1. The highest BCUT2D eigenvalue weighted by Crippen LogP contribution is 2.27. The third kappa shape index (κ3) is 4.71. The predicted octanol–water partition coefficient (Wildman–Crippen LogP) is 5.02. The highest BCUT2D eigenvalue weighted by Gasteiger charge is 2.16. The van der Waals surface area contributed by atoms with Crippen molar-refractivity contribution in [1.82, 2.24) is 9.88 Å². The van der Waals surface area contributed by atoms with Crippen LogP contribution < -0.4 is 0 Å². The zero-order valence-corrected chi connectivity index (χ0v) is 15.9. The van der Waals surface area contributed by atoms with Crippen molar-refractivity contribution in [3.63, 3.8) is 0 Å². The Bertz CT molecular complexity index is 846. The summed E-state index contributed by atoms with van der Waals surface area (Å²) < 4.78 is 0. The van der Waals surface area contributed by atoms with Crippen LogP contribution in [0, 0.1) is 6.92 Å². The van der Waals surface area contributed by atoms with E-state index >= 15 is 0 Å². The first-order valence-corrected chi connectivity index (χ1v) is 9.92. The molecule has 0 aliphatic carbocycles. The van der Waals surface area contributed by atoms with Gasteiger partial charge in [0.15, 0.2) is 0 Å². The maximum atomic E-state index is 12.9. The van der Waals surface area contributed by atoms with Crippen LogP contribution in [0.25, 0.3) is 0 Å². The van der Waals surface area contributed by atoms with Crippen molar-refractivity contribution in [3.8, 4) is 0 Å². The number of nitrogens with zero attached hydrogens (tertiary/aromatic N) is 2. The quantitative estimate of drug-likeness (QED) is 0.573. The predicted molar refractivity (Wildman–Crippen MR) is 105 cm³/mol. The average Bonchev–Trinajstić information content (AvgIpc) is 3.06. The van der Waals surface area contributed by atoms with Gasteiger partial charge >= 0.3 is 0 Å². The summed E-state index contributed by atoms with van der Waals surface area (Å²) in [5.41, 5.74) is 2.94. The van der Waals surface area contributed by atoms with E-state index in [4.69, 9.17) is 0 Å². The van der Waals surface area contributed by atoms with Gasteiger partial charge in [0.05, 0.1) is 16.3 Å². The summed E-state index contributed by atoms with van der Waals surface area (Å²) in [6, 6.07) is 17.8. The Kier molecular flexibility index (Phi) is 5.89. The molecule has 2 aromatic carbocycles. The van der Waals surface area contributed by atoms with Crippen molar-refractivity contribution < 1.29 is 4.79 Å². The van der Waals surface area contributed by atoms with Crippen molar-refractivity contribution in [2.75, 3.05) is 7.05 Å². The van der Waals surface area contributed by atoms with Gasteiger partial charge in [-0.3, -0.25) is 4.79 Å². The third-order valence-corrected chi connectivity index (χ3v) is 5.70. The summed E-state index contributed by atoms with van der Waals surface area (Å²) in [6.07, 6.45) is 0. The van der Waals surface area contributed by atoms with Crippen LogP contribution in [0.3, 0.4) is 0 Å². The number of carbonyl (C=O) groups excluding carboxylic acids is 1. The van der Waals surface area contributed by atoms with E-state index < -0.39 is 0 Å². The first-order valence-electron chi connectivity index (χ1n) is 8.05.